The summed E-state index contributed by atoms with van der Waals surface area (Å²) in [5, 5.41) is 25.2. The van der Waals surface area contributed by atoms with Crippen LogP contribution in [0.15, 0.2) is 30.3 Å². The number of hydrogen-bond acceptors (Lipinski definition) is 9. The molecule has 1 aliphatic heterocycles. The molecule has 3 aromatic rings. The summed E-state index contributed by atoms with van der Waals surface area (Å²) in [6, 6.07) is 4.85. The Labute approximate surface area is 194 Å². The largest absolute Gasteiger partial charge is 0.351 e. The molecule has 34 heavy (non-hydrogen) atoms. The number of amides is 1. The summed E-state index contributed by atoms with van der Waals surface area (Å²) < 4.78 is 27.8. The van der Waals surface area contributed by atoms with Crippen LogP contribution >= 0.6 is 11.3 Å². The number of non-ortho nitro benzene ring substituents is 2. The minimum atomic E-state index is -0.792. The number of fused-ring (bicyclic) bond motifs is 1. The van der Waals surface area contributed by atoms with E-state index in [0.717, 1.165) is 24.3 Å². The van der Waals surface area contributed by atoms with Gasteiger partial charge < -0.3 is 10.2 Å². The van der Waals surface area contributed by atoms with Crippen molar-refractivity contribution in [2.75, 3.05) is 44.2 Å². The van der Waals surface area contributed by atoms with Crippen molar-refractivity contribution in [3.63, 3.8) is 0 Å². The van der Waals surface area contributed by atoms with Gasteiger partial charge in [0.2, 0.25) is 0 Å². The number of aromatic nitrogens is 1. The predicted molar refractivity (Wildman–Crippen MR) is 120 cm³/mol. The Morgan fingerprint density at radius 2 is 1.68 bits per heavy atom. The second-order valence-electron chi connectivity index (χ2n) is 7.57. The number of nitrogens with zero attached hydrogens (tertiary/aromatic N) is 5. The van der Waals surface area contributed by atoms with Crippen molar-refractivity contribution < 1.29 is 23.4 Å². The first-order valence-electron chi connectivity index (χ1n) is 10.2. The van der Waals surface area contributed by atoms with Crippen molar-refractivity contribution in [3.8, 4) is 0 Å². The Morgan fingerprint density at radius 1 is 1.03 bits per heavy atom. The maximum atomic E-state index is 13.9. The van der Waals surface area contributed by atoms with E-state index in [1.807, 2.05) is 4.90 Å². The molecule has 178 valence electrons. The van der Waals surface area contributed by atoms with E-state index in [2.05, 4.69) is 15.2 Å². The van der Waals surface area contributed by atoms with Gasteiger partial charge in [-0.3, -0.25) is 29.9 Å². The van der Waals surface area contributed by atoms with Crippen molar-refractivity contribution >= 4 is 44.0 Å². The first-order valence-corrected chi connectivity index (χ1v) is 11.0. The number of carbonyl (C=O) groups is 1. The van der Waals surface area contributed by atoms with Crippen LogP contribution in [0, 0.1) is 31.9 Å². The molecular weight excluding hydrogens is 474 g/mol. The molecule has 0 aliphatic carbocycles. The summed E-state index contributed by atoms with van der Waals surface area (Å²) in [6.07, 6.45) is 0. The summed E-state index contributed by atoms with van der Waals surface area (Å²) in [4.78, 5) is 41.1. The number of rotatable bonds is 7. The normalized spacial score (nSPS) is 14.4. The molecule has 0 spiro atoms. The SMILES string of the molecule is O=C(NCCN1CCN(c2nc3c(F)cc(F)cc3s2)CC1)c1cc([N+](=O)[O-])cc([N+](=O)[O-])c1. The quantitative estimate of drug-likeness (QED) is 0.393. The standard InChI is InChI=1S/C20H18F2N6O5S/c21-13-9-16(22)18-17(10-13)34-20(24-18)26-5-3-25(4-6-26)2-1-23-19(29)12-7-14(27(30)31)11-15(8-12)28(32)33/h7-11H,1-6H2,(H,23,29). The van der Waals surface area contributed by atoms with Crippen LogP contribution in [0.5, 0.6) is 0 Å². The molecule has 1 saturated heterocycles. The highest BCUT2D eigenvalue weighted by molar-refractivity contribution is 7.22. The van der Waals surface area contributed by atoms with E-state index in [0.29, 0.717) is 42.6 Å². The van der Waals surface area contributed by atoms with Crippen LogP contribution in [-0.4, -0.2) is 64.9 Å². The Morgan fingerprint density at radius 3 is 2.29 bits per heavy atom. The molecule has 0 atom stereocenters. The summed E-state index contributed by atoms with van der Waals surface area (Å²) in [5.41, 5.74) is -1.08. The molecule has 1 aliphatic rings. The topological polar surface area (TPSA) is 135 Å². The summed E-state index contributed by atoms with van der Waals surface area (Å²) in [7, 11) is 0. The van der Waals surface area contributed by atoms with E-state index in [1.165, 1.54) is 17.4 Å². The minimum Gasteiger partial charge on any atom is -0.351 e. The molecule has 1 N–H and O–H groups in total. The maximum absolute atomic E-state index is 13.9. The van der Waals surface area contributed by atoms with E-state index in [9.17, 15) is 33.8 Å². The molecule has 2 aromatic carbocycles. The van der Waals surface area contributed by atoms with Gasteiger partial charge in [0.15, 0.2) is 10.9 Å². The number of nitrogens with one attached hydrogen (secondary N) is 1. The third-order valence-corrected chi connectivity index (χ3v) is 6.41. The van der Waals surface area contributed by atoms with Gasteiger partial charge in [-0.1, -0.05) is 11.3 Å². The fourth-order valence-corrected chi connectivity index (χ4v) is 4.67. The minimum absolute atomic E-state index is 0.146. The number of thiazole rings is 1. The maximum Gasteiger partial charge on any atom is 0.277 e. The van der Waals surface area contributed by atoms with Crippen LogP contribution in [0.2, 0.25) is 0 Å². The van der Waals surface area contributed by atoms with Crippen LogP contribution in [0.25, 0.3) is 10.2 Å². The van der Waals surface area contributed by atoms with E-state index in [4.69, 9.17) is 0 Å². The van der Waals surface area contributed by atoms with Crippen molar-refractivity contribution in [2.45, 2.75) is 0 Å². The number of nitro groups is 2. The number of carbonyl (C=O) groups excluding carboxylic acids is 1. The molecule has 1 fully saturated rings. The number of nitro benzene ring substituents is 2. The second kappa shape index (κ2) is 9.61. The van der Waals surface area contributed by atoms with Crippen molar-refractivity contribution in [3.05, 3.63) is 67.8 Å². The van der Waals surface area contributed by atoms with Gasteiger partial charge in [-0.25, -0.2) is 13.8 Å². The monoisotopic (exact) mass is 492 g/mol. The third-order valence-electron chi connectivity index (χ3n) is 5.34. The Hall–Kier alpha value is -3.78. The van der Waals surface area contributed by atoms with Gasteiger partial charge >= 0.3 is 0 Å². The Kier molecular flexibility index (Phi) is 6.61. The summed E-state index contributed by atoms with van der Waals surface area (Å²) in [6.45, 7) is 3.23. The number of anilines is 1. The molecule has 0 bridgehead atoms. The van der Waals surface area contributed by atoms with Crippen LogP contribution in [0.1, 0.15) is 10.4 Å². The number of halogens is 2. The number of hydrogen-bond donors (Lipinski definition) is 1. The third kappa shape index (κ3) is 5.07. The smallest absolute Gasteiger partial charge is 0.277 e. The molecule has 14 heteroatoms. The molecule has 0 saturated carbocycles. The van der Waals surface area contributed by atoms with Gasteiger partial charge in [0.25, 0.3) is 17.3 Å². The first kappa shape index (κ1) is 23.4. The molecule has 11 nitrogen and oxygen atoms in total. The zero-order valence-electron chi connectivity index (χ0n) is 17.6. The lowest BCUT2D eigenvalue weighted by Crippen LogP contribution is -2.48. The molecule has 2 heterocycles. The van der Waals surface area contributed by atoms with E-state index < -0.39 is 38.8 Å². The second-order valence-corrected chi connectivity index (χ2v) is 8.58. The van der Waals surface area contributed by atoms with Crippen LogP contribution in [-0.2, 0) is 0 Å². The lowest BCUT2D eigenvalue weighted by atomic mass is 10.1. The molecule has 1 amide bonds. The van der Waals surface area contributed by atoms with Gasteiger partial charge in [0.1, 0.15) is 11.3 Å². The molecule has 1 aromatic heterocycles. The van der Waals surface area contributed by atoms with E-state index in [-0.39, 0.29) is 17.6 Å². The van der Waals surface area contributed by atoms with Crippen LogP contribution in [0.3, 0.4) is 0 Å². The first-order chi connectivity index (χ1) is 16.2. The lowest BCUT2D eigenvalue weighted by Gasteiger charge is -2.34. The van der Waals surface area contributed by atoms with Gasteiger partial charge in [0, 0.05) is 57.5 Å². The summed E-state index contributed by atoms with van der Waals surface area (Å²) in [5.74, 6) is -1.98. The van der Waals surface area contributed by atoms with Crippen LogP contribution < -0.4 is 10.2 Å². The molecule has 4 rings (SSSR count). The average molecular weight is 492 g/mol. The Bertz CT molecular complexity index is 1250. The lowest BCUT2D eigenvalue weighted by molar-refractivity contribution is -0.394. The van der Waals surface area contributed by atoms with Gasteiger partial charge in [-0.2, -0.15) is 0 Å². The number of benzene rings is 2. The highest BCUT2D eigenvalue weighted by Crippen LogP contribution is 2.31. The van der Waals surface area contributed by atoms with Gasteiger partial charge in [-0.15, -0.1) is 0 Å². The van der Waals surface area contributed by atoms with Gasteiger partial charge in [0.05, 0.1) is 26.2 Å². The summed E-state index contributed by atoms with van der Waals surface area (Å²) >= 11 is 1.22. The van der Waals surface area contributed by atoms with Crippen molar-refractivity contribution in [1.29, 1.82) is 0 Å². The fourth-order valence-electron chi connectivity index (χ4n) is 3.61. The van der Waals surface area contributed by atoms with E-state index in [1.54, 1.807) is 0 Å². The van der Waals surface area contributed by atoms with Crippen molar-refractivity contribution in [1.82, 2.24) is 15.2 Å². The van der Waals surface area contributed by atoms with Crippen molar-refractivity contribution in [2.24, 2.45) is 0 Å². The van der Waals surface area contributed by atoms with Crippen LogP contribution in [0.4, 0.5) is 25.3 Å². The predicted octanol–water partition coefficient (Wildman–Crippen LogP) is 2.94. The van der Waals surface area contributed by atoms with E-state index >= 15 is 0 Å². The highest BCUT2D eigenvalue weighted by Gasteiger charge is 2.22. The average Bonchev–Trinajstić information content (AvgIpc) is 3.23. The fraction of sp³-hybridized carbons (Fsp3) is 0.300. The number of piperazine rings is 1. The molecule has 0 radical (unpaired) electrons. The molecule has 0 unspecified atom stereocenters. The zero-order valence-corrected chi connectivity index (χ0v) is 18.4. The highest BCUT2D eigenvalue weighted by atomic mass is 32.1. The molecular formula is C20H18F2N6O5S. The van der Waals surface area contributed by atoms with Gasteiger partial charge in [-0.05, 0) is 6.07 Å². The Balaban J connectivity index is 1.30. The zero-order chi connectivity index (χ0) is 24.4.